The first kappa shape index (κ1) is 16.2. The first-order valence-corrected chi connectivity index (χ1v) is 7.91. The number of fused-ring (bicyclic) bond motifs is 1. The zero-order chi connectivity index (χ0) is 17.3. The Balaban J connectivity index is 2.06. The smallest absolute Gasteiger partial charge is 0.219 e. The number of nitrogens with zero attached hydrogens (tertiary/aromatic N) is 1. The van der Waals surface area contributed by atoms with E-state index in [0.29, 0.717) is 23.2 Å². The van der Waals surface area contributed by atoms with Crippen LogP contribution in [-0.2, 0) is 4.74 Å². The number of ketones is 2. The van der Waals surface area contributed by atoms with Gasteiger partial charge >= 0.3 is 0 Å². The molecule has 124 valence electrons. The van der Waals surface area contributed by atoms with Crippen LogP contribution in [0.4, 0.5) is 11.4 Å². The molecule has 0 aliphatic carbocycles. The Bertz CT molecular complexity index is 803. The van der Waals surface area contributed by atoms with Crippen LogP contribution in [0.5, 0.6) is 0 Å². The van der Waals surface area contributed by atoms with Crippen molar-refractivity contribution in [2.24, 2.45) is 0 Å². The summed E-state index contributed by atoms with van der Waals surface area (Å²) in [5.74, 6) is -0.0802. The molecule has 0 aromatic heterocycles. The molecule has 2 aromatic carbocycles. The number of anilines is 2. The standard InChI is InChI=1S/C19H20N2O3/c1-4-17(22)13-9-5-7-11-15(13)20-21-16-12-8-6-10-14(16)18(23)19(21,2)24-3/h5-12,20H,4H2,1-3H3/t19-/m0/s1. The second kappa shape index (κ2) is 6.09. The average Bonchev–Trinajstić information content (AvgIpc) is 2.84. The van der Waals surface area contributed by atoms with E-state index >= 15 is 0 Å². The fourth-order valence-corrected chi connectivity index (χ4v) is 2.93. The Morgan fingerprint density at radius 1 is 1.17 bits per heavy atom. The number of hydrogen-bond acceptors (Lipinski definition) is 5. The quantitative estimate of drug-likeness (QED) is 0.850. The third-order valence-electron chi connectivity index (χ3n) is 4.42. The zero-order valence-corrected chi connectivity index (χ0v) is 14.0. The van der Waals surface area contributed by atoms with E-state index in [0.717, 1.165) is 5.69 Å². The highest BCUT2D eigenvalue weighted by Gasteiger charge is 2.48. The minimum absolute atomic E-state index is 0.0380. The molecular formula is C19H20N2O3. The molecule has 1 N–H and O–H groups in total. The number of para-hydroxylation sites is 2. The fourth-order valence-electron chi connectivity index (χ4n) is 2.93. The predicted molar refractivity (Wildman–Crippen MR) is 93.4 cm³/mol. The van der Waals surface area contributed by atoms with E-state index in [-0.39, 0.29) is 11.6 Å². The van der Waals surface area contributed by atoms with E-state index in [2.05, 4.69) is 5.43 Å². The van der Waals surface area contributed by atoms with Gasteiger partial charge in [-0.2, -0.15) is 0 Å². The van der Waals surface area contributed by atoms with Gasteiger partial charge in [0.15, 0.2) is 5.78 Å². The van der Waals surface area contributed by atoms with Crippen molar-refractivity contribution in [3.8, 4) is 0 Å². The number of hydrazine groups is 1. The first-order valence-electron chi connectivity index (χ1n) is 7.91. The number of ether oxygens (including phenoxy) is 1. The summed E-state index contributed by atoms with van der Waals surface area (Å²) >= 11 is 0. The number of nitrogens with one attached hydrogen (secondary N) is 1. The van der Waals surface area contributed by atoms with Gasteiger partial charge in [0.1, 0.15) is 0 Å². The molecule has 5 nitrogen and oxygen atoms in total. The zero-order valence-electron chi connectivity index (χ0n) is 14.0. The maximum atomic E-state index is 12.8. The minimum atomic E-state index is -1.17. The molecule has 0 fully saturated rings. The van der Waals surface area contributed by atoms with E-state index in [1.54, 1.807) is 24.1 Å². The number of carbonyl (C=O) groups excluding carboxylic acids is 2. The predicted octanol–water partition coefficient (Wildman–Crippen LogP) is 3.67. The van der Waals surface area contributed by atoms with Crippen LogP contribution < -0.4 is 10.4 Å². The summed E-state index contributed by atoms with van der Waals surface area (Å²) in [7, 11) is 1.50. The molecule has 5 heteroatoms. The van der Waals surface area contributed by atoms with Gasteiger partial charge < -0.3 is 4.74 Å². The highest BCUT2D eigenvalue weighted by molar-refractivity contribution is 6.13. The third-order valence-corrected chi connectivity index (χ3v) is 4.42. The number of hydrogen-bond donors (Lipinski definition) is 1. The minimum Gasteiger partial charge on any atom is -0.351 e. The summed E-state index contributed by atoms with van der Waals surface area (Å²) in [4.78, 5) is 24.9. The van der Waals surface area contributed by atoms with Gasteiger partial charge in [0.25, 0.3) is 0 Å². The lowest BCUT2D eigenvalue weighted by atomic mass is 10.1. The van der Waals surface area contributed by atoms with Crippen molar-refractivity contribution in [2.45, 2.75) is 26.0 Å². The van der Waals surface area contributed by atoms with Crippen LogP contribution in [0.15, 0.2) is 48.5 Å². The molecule has 0 spiro atoms. The van der Waals surface area contributed by atoms with Crippen LogP contribution in [0.3, 0.4) is 0 Å². The van der Waals surface area contributed by atoms with Gasteiger partial charge in [-0.1, -0.05) is 31.2 Å². The number of Topliss-reactive ketones (excluding diaryl/α,β-unsaturated/α-hetero) is 2. The normalized spacial score (nSPS) is 19.3. The van der Waals surface area contributed by atoms with E-state index in [9.17, 15) is 9.59 Å². The lowest BCUT2D eigenvalue weighted by Crippen LogP contribution is -2.52. The van der Waals surface area contributed by atoms with Gasteiger partial charge in [0, 0.05) is 24.7 Å². The van der Waals surface area contributed by atoms with Crippen LogP contribution in [0.1, 0.15) is 41.0 Å². The summed E-state index contributed by atoms with van der Waals surface area (Å²) in [6.45, 7) is 3.54. The number of rotatable bonds is 5. The third kappa shape index (κ3) is 2.37. The van der Waals surface area contributed by atoms with Gasteiger partial charge in [0.2, 0.25) is 11.5 Å². The lowest BCUT2D eigenvalue weighted by molar-refractivity contribution is 0.0179. The van der Waals surface area contributed by atoms with Crippen molar-refractivity contribution in [3.63, 3.8) is 0 Å². The second-order valence-corrected chi connectivity index (χ2v) is 5.80. The van der Waals surface area contributed by atoms with Gasteiger partial charge in [-0.25, -0.2) is 5.01 Å². The monoisotopic (exact) mass is 324 g/mol. The Morgan fingerprint density at radius 2 is 1.83 bits per heavy atom. The molecule has 1 aliphatic rings. The summed E-state index contributed by atoms with van der Waals surface area (Å²) < 4.78 is 5.53. The van der Waals surface area contributed by atoms with E-state index in [1.807, 2.05) is 43.3 Å². The Morgan fingerprint density at radius 3 is 2.54 bits per heavy atom. The first-order chi connectivity index (χ1) is 11.5. The van der Waals surface area contributed by atoms with Crippen LogP contribution in [0.25, 0.3) is 0 Å². The maximum Gasteiger partial charge on any atom is 0.219 e. The highest BCUT2D eigenvalue weighted by atomic mass is 16.5. The Kier molecular flexibility index (Phi) is 4.11. The molecular weight excluding hydrogens is 304 g/mol. The summed E-state index contributed by atoms with van der Waals surface area (Å²) in [5, 5.41) is 1.69. The summed E-state index contributed by atoms with van der Waals surface area (Å²) in [6, 6.07) is 14.6. The van der Waals surface area contributed by atoms with Crippen molar-refractivity contribution < 1.29 is 14.3 Å². The summed E-state index contributed by atoms with van der Waals surface area (Å²) in [6.07, 6.45) is 0.412. The van der Waals surface area contributed by atoms with Crippen LogP contribution in [0, 0.1) is 0 Å². The SMILES string of the molecule is CCC(=O)c1ccccc1NN1c2ccccc2C(=O)[C@]1(C)OC. The van der Waals surface area contributed by atoms with Crippen LogP contribution >= 0.6 is 0 Å². The molecule has 0 bridgehead atoms. The van der Waals surface area contributed by atoms with Crippen molar-refractivity contribution >= 4 is 22.9 Å². The molecule has 0 saturated carbocycles. The van der Waals surface area contributed by atoms with E-state index < -0.39 is 5.72 Å². The van der Waals surface area contributed by atoms with Gasteiger partial charge in [-0.15, -0.1) is 0 Å². The van der Waals surface area contributed by atoms with Crippen LogP contribution in [0.2, 0.25) is 0 Å². The van der Waals surface area contributed by atoms with Crippen molar-refractivity contribution in [1.29, 1.82) is 0 Å². The van der Waals surface area contributed by atoms with Crippen molar-refractivity contribution in [2.75, 3.05) is 17.5 Å². The molecule has 2 aromatic rings. The Hall–Kier alpha value is -2.66. The molecule has 0 amide bonds. The van der Waals surface area contributed by atoms with Crippen LogP contribution in [-0.4, -0.2) is 24.4 Å². The molecule has 0 radical (unpaired) electrons. The van der Waals surface area contributed by atoms with Gasteiger partial charge in [-0.05, 0) is 31.2 Å². The average molecular weight is 324 g/mol. The lowest BCUT2D eigenvalue weighted by Gasteiger charge is -2.35. The molecule has 1 heterocycles. The molecule has 0 unspecified atom stereocenters. The van der Waals surface area contributed by atoms with E-state index in [1.165, 1.54) is 7.11 Å². The topological polar surface area (TPSA) is 58.6 Å². The highest BCUT2D eigenvalue weighted by Crippen LogP contribution is 2.39. The summed E-state index contributed by atoms with van der Waals surface area (Å²) in [5.41, 5.74) is 4.61. The molecule has 24 heavy (non-hydrogen) atoms. The largest absolute Gasteiger partial charge is 0.351 e. The second-order valence-electron chi connectivity index (χ2n) is 5.80. The van der Waals surface area contributed by atoms with Crippen molar-refractivity contribution in [1.82, 2.24) is 0 Å². The van der Waals surface area contributed by atoms with E-state index in [4.69, 9.17) is 4.74 Å². The molecule has 3 rings (SSSR count). The molecule has 1 aliphatic heterocycles. The molecule has 1 atom stereocenters. The Labute approximate surface area is 141 Å². The number of methoxy groups -OCH3 is 1. The van der Waals surface area contributed by atoms with Gasteiger partial charge in [-0.3, -0.25) is 15.0 Å². The number of benzene rings is 2. The fraction of sp³-hybridized carbons (Fsp3) is 0.263. The number of carbonyl (C=O) groups is 2. The van der Waals surface area contributed by atoms with Gasteiger partial charge in [0.05, 0.1) is 11.4 Å². The maximum absolute atomic E-state index is 12.8. The van der Waals surface area contributed by atoms with Crippen molar-refractivity contribution in [3.05, 3.63) is 59.7 Å². The molecule has 0 saturated heterocycles.